The number of halogens is 3. The van der Waals surface area contributed by atoms with Gasteiger partial charge in [0.15, 0.2) is 5.11 Å². The second-order valence-corrected chi connectivity index (χ2v) is 7.70. The topological polar surface area (TPSA) is 67.9 Å². The number of thiocarbonyl (C=S) groups is 1. The van der Waals surface area contributed by atoms with Crippen LogP contribution in [0.3, 0.4) is 0 Å². The van der Waals surface area contributed by atoms with E-state index >= 15 is 0 Å². The summed E-state index contributed by atoms with van der Waals surface area (Å²) in [6.07, 6.45) is -3.85. The minimum absolute atomic E-state index is 0.0143. The fraction of sp³-hybridized carbons (Fsp3) is 0.0800. The number of benzene rings is 3. The number of rotatable bonds is 5. The van der Waals surface area contributed by atoms with Crippen molar-refractivity contribution in [1.29, 1.82) is 0 Å². The molecule has 178 valence electrons. The van der Waals surface area contributed by atoms with Crippen molar-refractivity contribution in [1.82, 2.24) is 5.32 Å². The number of nitrogens with one attached hydrogen (secondary N) is 1. The van der Waals surface area contributed by atoms with Gasteiger partial charge >= 0.3 is 6.18 Å². The van der Waals surface area contributed by atoms with Crippen LogP contribution in [-0.2, 0) is 15.8 Å². The van der Waals surface area contributed by atoms with Crippen LogP contribution in [-0.4, -0.2) is 24.0 Å². The number of para-hydroxylation sites is 1. The van der Waals surface area contributed by atoms with Crippen LogP contribution in [0.5, 0.6) is 17.2 Å². The average Bonchev–Trinajstić information content (AvgIpc) is 2.83. The second kappa shape index (κ2) is 9.59. The van der Waals surface area contributed by atoms with Crippen molar-refractivity contribution in [3.8, 4) is 17.2 Å². The van der Waals surface area contributed by atoms with Crippen molar-refractivity contribution in [3.63, 3.8) is 0 Å². The quantitative estimate of drug-likeness (QED) is 0.292. The van der Waals surface area contributed by atoms with E-state index in [1.54, 1.807) is 36.4 Å². The van der Waals surface area contributed by atoms with Crippen LogP contribution >= 0.6 is 12.2 Å². The molecule has 0 aliphatic carbocycles. The molecule has 0 spiro atoms. The van der Waals surface area contributed by atoms with Crippen LogP contribution in [0.4, 0.5) is 18.9 Å². The van der Waals surface area contributed by atoms with Crippen LogP contribution in [0, 0.1) is 0 Å². The smallest absolute Gasteiger partial charge is 0.417 e. The van der Waals surface area contributed by atoms with Crippen molar-refractivity contribution in [2.24, 2.45) is 0 Å². The van der Waals surface area contributed by atoms with Crippen LogP contribution in [0.25, 0.3) is 6.08 Å². The molecule has 0 atom stereocenters. The lowest BCUT2D eigenvalue weighted by Gasteiger charge is -2.29. The Bertz CT molecular complexity index is 1320. The number of carbonyl (C=O) groups excluding carboxylic acids is 2. The number of amides is 2. The van der Waals surface area contributed by atoms with Gasteiger partial charge in [0.25, 0.3) is 11.8 Å². The van der Waals surface area contributed by atoms with Gasteiger partial charge in [-0.2, -0.15) is 13.2 Å². The third kappa shape index (κ3) is 5.17. The van der Waals surface area contributed by atoms with Gasteiger partial charge < -0.3 is 9.47 Å². The molecular formula is C25H17F3N2O4S. The van der Waals surface area contributed by atoms with Gasteiger partial charge in [-0.25, -0.2) is 0 Å². The van der Waals surface area contributed by atoms with E-state index in [0.29, 0.717) is 17.2 Å². The van der Waals surface area contributed by atoms with Gasteiger partial charge in [-0.15, -0.1) is 0 Å². The fourth-order valence-electron chi connectivity index (χ4n) is 3.37. The van der Waals surface area contributed by atoms with Gasteiger partial charge in [0.05, 0.1) is 18.4 Å². The average molecular weight is 498 g/mol. The highest BCUT2D eigenvalue weighted by molar-refractivity contribution is 7.80. The summed E-state index contributed by atoms with van der Waals surface area (Å²) in [6.45, 7) is 0. The molecule has 1 heterocycles. The number of ether oxygens (including phenoxy) is 2. The first-order valence-electron chi connectivity index (χ1n) is 10.2. The molecule has 6 nitrogen and oxygen atoms in total. The third-order valence-electron chi connectivity index (χ3n) is 5.04. The summed E-state index contributed by atoms with van der Waals surface area (Å²) in [6, 6.07) is 18.6. The molecule has 0 aromatic heterocycles. The zero-order valence-corrected chi connectivity index (χ0v) is 18.9. The maximum Gasteiger partial charge on any atom is 0.417 e. The van der Waals surface area contributed by atoms with Gasteiger partial charge in [-0.05, 0) is 72.4 Å². The van der Waals surface area contributed by atoms with Gasteiger partial charge in [0.2, 0.25) is 0 Å². The van der Waals surface area contributed by atoms with Gasteiger partial charge in [-0.3, -0.25) is 19.8 Å². The largest absolute Gasteiger partial charge is 0.497 e. The summed E-state index contributed by atoms with van der Waals surface area (Å²) in [7, 11) is 1.24. The van der Waals surface area contributed by atoms with Crippen LogP contribution < -0.4 is 19.7 Å². The summed E-state index contributed by atoms with van der Waals surface area (Å²) >= 11 is 5.15. The Hall–Kier alpha value is -4.18. The molecule has 1 N–H and O–H groups in total. The van der Waals surface area contributed by atoms with Crippen molar-refractivity contribution in [2.45, 2.75) is 6.18 Å². The SMILES string of the molecule is COc1ccc(/C=C2\C(=O)NC(=S)N(c3ccc(Oc4ccccc4)cc3)C2=O)c(C(F)(F)F)c1. The molecule has 35 heavy (non-hydrogen) atoms. The second-order valence-electron chi connectivity index (χ2n) is 7.32. The predicted octanol–water partition coefficient (Wildman–Crippen LogP) is 5.34. The monoisotopic (exact) mass is 498 g/mol. The lowest BCUT2D eigenvalue weighted by Crippen LogP contribution is -2.54. The van der Waals surface area contributed by atoms with E-state index in [2.05, 4.69) is 5.32 Å². The summed E-state index contributed by atoms with van der Waals surface area (Å²) in [4.78, 5) is 26.7. The van der Waals surface area contributed by atoms with E-state index in [1.807, 2.05) is 18.2 Å². The van der Waals surface area contributed by atoms with Crippen molar-refractivity contribution >= 4 is 40.9 Å². The maximum atomic E-state index is 13.6. The van der Waals surface area contributed by atoms with E-state index in [1.165, 1.54) is 13.2 Å². The predicted molar refractivity (Wildman–Crippen MR) is 127 cm³/mol. The number of hydrogen-bond acceptors (Lipinski definition) is 5. The van der Waals surface area contributed by atoms with E-state index in [9.17, 15) is 22.8 Å². The fourth-order valence-corrected chi connectivity index (χ4v) is 3.65. The molecule has 0 saturated carbocycles. The van der Waals surface area contributed by atoms with Crippen LogP contribution in [0.1, 0.15) is 11.1 Å². The molecule has 4 rings (SSSR count). The lowest BCUT2D eigenvalue weighted by atomic mass is 10.0. The molecule has 1 aliphatic rings. The number of alkyl halides is 3. The molecule has 10 heteroatoms. The van der Waals surface area contributed by atoms with E-state index in [-0.39, 0.29) is 16.4 Å². The molecule has 3 aromatic rings. The van der Waals surface area contributed by atoms with Crippen LogP contribution in [0.15, 0.2) is 78.4 Å². The zero-order valence-electron chi connectivity index (χ0n) is 18.1. The Kier molecular flexibility index (Phi) is 6.57. The van der Waals surface area contributed by atoms with E-state index < -0.39 is 29.1 Å². The molecule has 0 bridgehead atoms. The Labute approximate surface area is 203 Å². The first kappa shape index (κ1) is 24.0. The van der Waals surface area contributed by atoms with Gasteiger partial charge in [-0.1, -0.05) is 24.3 Å². The highest BCUT2D eigenvalue weighted by Crippen LogP contribution is 2.36. The lowest BCUT2D eigenvalue weighted by molar-refractivity contribution is -0.138. The Morgan fingerprint density at radius 1 is 0.914 bits per heavy atom. The summed E-state index contributed by atoms with van der Waals surface area (Å²) < 4.78 is 51.4. The molecular weight excluding hydrogens is 481 g/mol. The Morgan fingerprint density at radius 2 is 1.54 bits per heavy atom. The number of methoxy groups -OCH3 is 1. The number of hydrogen-bond donors (Lipinski definition) is 1. The Morgan fingerprint density at radius 3 is 2.17 bits per heavy atom. The minimum Gasteiger partial charge on any atom is -0.497 e. The number of carbonyl (C=O) groups is 2. The van der Waals surface area contributed by atoms with Gasteiger partial charge in [0, 0.05) is 0 Å². The maximum absolute atomic E-state index is 13.6. The van der Waals surface area contributed by atoms with Crippen molar-refractivity contribution in [2.75, 3.05) is 12.0 Å². The molecule has 1 saturated heterocycles. The van der Waals surface area contributed by atoms with Crippen molar-refractivity contribution < 1.29 is 32.2 Å². The number of nitrogens with zero attached hydrogens (tertiary/aromatic N) is 1. The summed E-state index contributed by atoms with van der Waals surface area (Å²) in [5, 5.41) is 2.16. The minimum atomic E-state index is -4.74. The standard InChI is InChI=1S/C25H17F3N2O4S/c1-33-19-10-7-15(21(14-19)25(26,27)28)13-20-22(31)29-24(35)30(23(20)32)16-8-11-18(12-9-16)34-17-5-3-2-4-6-17/h2-14H,1H3,(H,29,31,35)/b20-13+. The molecule has 1 fully saturated rings. The summed E-state index contributed by atoms with van der Waals surface area (Å²) in [5.41, 5.74) is -1.61. The molecule has 2 amide bonds. The highest BCUT2D eigenvalue weighted by Gasteiger charge is 2.37. The normalized spacial score (nSPS) is 15.3. The third-order valence-corrected chi connectivity index (χ3v) is 5.33. The molecule has 1 aliphatic heterocycles. The van der Waals surface area contributed by atoms with Crippen molar-refractivity contribution in [3.05, 3.63) is 89.5 Å². The molecule has 0 radical (unpaired) electrons. The van der Waals surface area contributed by atoms with Crippen LogP contribution in [0.2, 0.25) is 0 Å². The summed E-state index contributed by atoms with van der Waals surface area (Å²) in [5.74, 6) is -0.673. The zero-order chi connectivity index (χ0) is 25.2. The molecule has 0 unspecified atom stereocenters. The van der Waals surface area contributed by atoms with E-state index in [4.69, 9.17) is 21.7 Å². The van der Waals surface area contributed by atoms with Gasteiger partial charge in [0.1, 0.15) is 22.8 Å². The first-order valence-corrected chi connectivity index (χ1v) is 10.6. The van der Waals surface area contributed by atoms with E-state index in [0.717, 1.165) is 23.1 Å². The highest BCUT2D eigenvalue weighted by atomic mass is 32.1. The first-order chi connectivity index (χ1) is 16.7. The molecule has 3 aromatic carbocycles. The Balaban J connectivity index is 1.66. The number of anilines is 1.